The van der Waals surface area contributed by atoms with Gasteiger partial charge >= 0.3 is 0 Å². The van der Waals surface area contributed by atoms with Crippen molar-refractivity contribution in [2.45, 2.75) is 71.1 Å². The van der Waals surface area contributed by atoms with Crippen molar-refractivity contribution in [2.24, 2.45) is 11.8 Å². The zero-order valence-corrected chi connectivity index (χ0v) is 21.1. The average molecular weight is 498 g/mol. The lowest BCUT2D eigenvalue weighted by Crippen LogP contribution is -2.67. The van der Waals surface area contributed by atoms with Crippen molar-refractivity contribution in [3.05, 3.63) is 70.8 Å². The molecule has 3 unspecified atom stereocenters. The van der Waals surface area contributed by atoms with Crippen LogP contribution in [-0.4, -0.2) is 40.7 Å². The molecule has 2 aromatic rings. The van der Waals surface area contributed by atoms with E-state index in [0.29, 0.717) is 25.3 Å². The lowest BCUT2D eigenvalue weighted by Gasteiger charge is -2.45. The van der Waals surface area contributed by atoms with Gasteiger partial charge in [-0.25, -0.2) is 8.78 Å². The van der Waals surface area contributed by atoms with Crippen LogP contribution in [0, 0.1) is 23.5 Å². The molecular formula is C28H33F2N3O3. The fraction of sp³-hybridized carbons (Fsp3) is 0.464. The summed E-state index contributed by atoms with van der Waals surface area (Å²) in [4.78, 5) is 42.3. The van der Waals surface area contributed by atoms with E-state index in [1.54, 1.807) is 13.8 Å². The number of hydrogen-bond acceptors (Lipinski definition) is 3. The fourth-order valence-corrected chi connectivity index (χ4v) is 5.38. The minimum atomic E-state index is -1.42. The number of fused-ring (bicyclic) bond motifs is 1. The van der Waals surface area contributed by atoms with Crippen LogP contribution in [0.3, 0.4) is 0 Å². The molecule has 1 heterocycles. The van der Waals surface area contributed by atoms with E-state index in [-0.39, 0.29) is 29.3 Å². The lowest BCUT2D eigenvalue weighted by atomic mass is 9.87. The molecule has 2 aromatic carbocycles. The van der Waals surface area contributed by atoms with Crippen LogP contribution in [0.2, 0.25) is 0 Å². The van der Waals surface area contributed by atoms with E-state index in [0.717, 1.165) is 17.2 Å². The number of amides is 3. The number of benzene rings is 2. The quantitative estimate of drug-likeness (QED) is 0.613. The second-order valence-corrected chi connectivity index (χ2v) is 10.5. The molecule has 1 fully saturated rings. The first-order valence-corrected chi connectivity index (χ1v) is 12.5. The van der Waals surface area contributed by atoms with E-state index in [4.69, 9.17) is 0 Å². The van der Waals surface area contributed by atoms with Gasteiger partial charge in [-0.05, 0) is 62.1 Å². The topological polar surface area (TPSA) is 78.5 Å². The summed E-state index contributed by atoms with van der Waals surface area (Å²) < 4.78 is 28.8. The zero-order chi connectivity index (χ0) is 26.1. The predicted octanol–water partition coefficient (Wildman–Crippen LogP) is 3.69. The molecule has 2 aliphatic rings. The molecule has 1 aliphatic carbocycles. The molecule has 4 rings (SSSR count). The van der Waals surface area contributed by atoms with Gasteiger partial charge in [0.05, 0.1) is 0 Å². The molecule has 0 spiro atoms. The van der Waals surface area contributed by atoms with Gasteiger partial charge in [-0.2, -0.15) is 0 Å². The van der Waals surface area contributed by atoms with Gasteiger partial charge in [0.15, 0.2) is 0 Å². The van der Waals surface area contributed by atoms with Gasteiger partial charge in [0.25, 0.3) is 0 Å². The zero-order valence-electron chi connectivity index (χ0n) is 21.1. The van der Waals surface area contributed by atoms with E-state index in [1.165, 1.54) is 11.0 Å². The molecule has 1 saturated heterocycles. The van der Waals surface area contributed by atoms with Crippen molar-refractivity contribution in [3.8, 4) is 0 Å². The van der Waals surface area contributed by atoms with Crippen LogP contribution < -0.4 is 10.6 Å². The number of hydrogen-bond donors (Lipinski definition) is 2. The number of carbonyl (C=O) groups excluding carboxylic acids is 3. The van der Waals surface area contributed by atoms with Gasteiger partial charge in [0.1, 0.15) is 29.8 Å². The van der Waals surface area contributed by atoms with Gasteiger partial charge in [0.2, 0.25) is 17.7 Å². The Kier molecular flexibility index (Phi) is 7.43. The Bertz CT molecular complexity index is 1140. The molecule has 192 valence electrons. The minimum Gasteiger partial charge on any atom is -0.352 e. The van der Waals surface area contributed by atoms with Crippen LogP contribution >= 0.6 is 0 Å². The van der Waals surface area contributed by atoms with Crippen LogP contribution in [0.15, 0.2) is 42.5 Å². The van der Waals surface area contributed by atoms with E-state index in [9.17, 15) is 18.8 Å². The van der Waals surface area contributed by atoms with Gasteiger partial charge in [-0.3, -0.25) is 14.4 Å². The first-order chi connectivity index (χ1) is 17.1. The van der Waals surface area contributed by atoms with Crippen molar-refractivity contribution < 1.29 is 23.2 Å². The third-order valence-corrected chi connectivity index (χ3v) is 6.92. The number of halogens is 2. The SMILES string of the molecule is CC(C)CC1C(=O)NC(C2Cc3ccccc3C2)C(=O)N1C(C(=O)NC(C)C)c1ccc(F)cc1F. The van der Waals surface area contributed by atoms with Crippen LogP contribution in [-0.2, 0) is 27.2 Å². The highest BCUT2D eigenvalue weighted by Gasteiger charge is 2.50. The van der Waals surface area contributed by atoms with Crippen LogP contribution in [0.4, 0.5) is 8.78 Å². The number of rotatable bonds is 7. The van der Waals surface area contributed by atoms with E-state index >= 15 is 4.39 Å². The van der Waals surface area contributed by atoms with Crippen molar-refractivity contribution in [1.29, 1.82) is 0 Å². The van der Waals surface area contributed by atoms with Crippen LogP contribution in [0.25, 0.3) is 0 Å². The van der Waals surface area contributed by atoms with Gasteiger partial charge in [-0.15, -0.1) is 0 Å². The summed E-state index contributed by atoms with van der Waals surface area (Å²) in [5, 5.41) is 5.69. The summed E-state index contributed by atoms with van der Waals surface area (Å²) in [7, 11) is 0. The second-order valence-electron chi connectivity index (χ2n) is 10.5. The summed E-state index contributed by atoms with van der Waals surface area (Å²) in [6.07, 6.45) is 1.52. The number of nitrogens with zero attached hydrogens (tertiary/aromatic N) is 1. The van der Waals surface area contributed by atoms with Crippen LogP contribution in [0.1, 0.15) is 56.8 Å². The molecule has 2 N–H and O–H groups in total. The van der Waals surface area contributed by atoms with Gasteiger partial charge in [0, 0.05) is 17.7 Å². The summed E-state index contributed by atoms with van der Waals surface area (Å²) in [6.45, 7) is 7.34. The maximum Gasteiger partial charge on any atom is 0.247 e. The number of nitrogens with one attached hydrogen (secondary N) is 2. The molecule has 3 amide bonds. The monoisotopic (exact) mass is 497 g/mol. The van der Waals surface area contributed by atoms with E-state index < -0.39 is 41.6 Å². The third kappa shape index (κ3) is 5.13. The van der Waals surface area contributed by atoms with Gasteiger partial charge in [-0.1, -0.05) is 44.2 Å². The molecule has 0 radical (unpaired) electrons. The van der Waals surface area contributed by atoms with E-state index in [1.807, 2.05) is 38.1 Å². The Labute approximate surface area is 210 Å². The Morgan fingerprint density at radius 1 is 1.06 bits per heavy atom. The molecule has 1 aliphatic heterocycles. The molecule has 0 saturated carbocycles. The first kappa shape index (κ1) is 25.8. The summed E-state index contributed by atoms with van der Waals surface area (Å²) in [6, 6.07) is 7.31. The predicted molar refractivity (Wildman–Crippen MR) is 132 cm³/mol. The molecule has 6 nitrogen and oxygen atoms in total. The highest BCUT2D eigenvalue weighted by molar-refractivity contribution is 6.00. The molecular weight excluding hydrogens is 464 g/mol. The molecule has 36 heavy (non-hydrogen) atoms. The van der Waals surface area contributed by atoms with E-state index in [2.05, 4.69) is 10.6 Å². The van der Waals surface area contributed by atoms with Crippen molar-refractivity contribution in [1.82, 2.24) is 15.5 Å². The fourth-order valence-electron chi connectivity index (χ4n) is 5.38. The minimum absolute atomic E-state index is 0.0233. The first-order valence-electron chi connectivity index (χ1n) is 12.5. The summed E-state index contributed by atoms with van der Waals surface area (Å²) in [5.74, 6) is -3.29. The Hall–Kier alpha value is -3.29. The molecule has 0 aromatic heterocycles. The van der Waals surface area contributed by atoms with Crippen molar-refractivity contribution in [2.75, 3.05) is 0 Å². The lowest BCUT2D eigenvalue weighted by molar-refractivity contribution is -0.158. The van der Waals surface area contributed by atoms with Crippen LogP contribution in [0.5, 0.6) is 0 Å². The van der Waals surface area contributed by atoms with Crippen molar-refractivity contribution in [3.63, 3.8) is 0 Å². The standard InChI is InChI=1S/C28H33F2N3O3/c1-15(2)11-23-26(34)32-24(19-12-17-7-5-6-8-18(17)13-19)28(36)33(23)25(27(35)31-16(3)4)21-10-9-20(29)14-22(21)30/h5-10,14-16,19,23-25H,11-13H2,1-4H3,(H,31,35)(H,32,34). The molecule has 3 atom stereocenters. The normalized spacial score (nSPS) is 21.1. The third-order valence-electron chi connectivity index (χ3n) is 6.92. The maximum atomic E-state index is 15.1. The number of carbonyl (C=O) groups is 3. The molecule has 8 heteroatoms. The van der Waals surface area contributed by atoms with Gasteiger partial charge < -0.3 is 15.5 Å². The second kappa shape index (κ2) is 10.4. The van der Waals surface area contributed by atoms with Crippen molar-refractivity contribution >= 4 is 17.7 Å². The smallest absolute Gasteiger partial charge is 0.247 e. The molecule has 0 bridgehead atoms. The summed E-state index contributed by atoms with van der Waals surface area (Å²) in [5.41, 5.74) is 2.11. The Balaban J connectivity index is 1.78. The largest absolute Gasteiger partial charge is 0.352 e. The summed E-state index contributed by atoms with van der Waals surface area (Å²) >= 11 is 0. The maximum absolute atomic E-state index is 15.1. The Morgan fingerprint density at radius 3 is 2.25 bits per heavy atom. The Morgan fingerprint density at radius 2 is 1.69 bits per heavy atom. The highest BCUT2D eigenvalue weighted by atomic mass is 19.1. The average Bonchev–Trinajstić information content (AvgIpc) is 3.22. The highest BCUT2D eigenvalue weighted by Crippen LogP contribution is 2.36. The number of piperazine rings is 1.